The van der Waals surface area contributed by atoms with Crippen LogP contribution in [-0.2, 0) is 17.6 Å². The molecule has 0 saturated carbocycles. The Bertz CT molecular complexity index is 1030. The SMILES string of the molecule is O=C(O)c1ccc(-c2ccc(F)cc2)cc1CCc1ccc(C(O)C(=O)O)cc1. The number of aliphatic carboxylic acids is 1. The molecule has 0 aromatic heterocycles. The third-order valence-electron chi connectivity index (χ3n) is 4.73. The molecule has 0 aliphatic heterocycles. The van der Waals surface area contributed by atoms with Crippen molar-refractivity contribution < 1.29 is 29.3 Å². The lowest BCUT2D eigenvalue weighted by molar-refractivity contribution is -0.146. The number of aliphatic hydroxyl groups excluding tert-OH is 1. The van der Waals surface area contributed by atoms with Crippen LogP contribution < -0.4 is 0 Å². The molecule has 0 heterocycles. The van der Waals surface area contributed by atoms with E-state index in [1.165, 1.54) is 12.1 Å². The maximum Gasteiger partial charge on any atom is 0.337 e. The Morgan fingerprint density at radius 2 is 1.45 bits per heavy atom. The van der Waals surface area contributed by atoms with E-state index >= 15 is 0 Å². The molecule has 3 aromatic rings. The number of hydrogen-bond acceptors (Lipinski definition) is 3. The van der Waals surface area contributed by atoms with Crippen molar-refractivity contribution in [3.63, 3.8) is 0 Å². The number of carboxylic acids is 2. The number of benzene rings is 3. The normalized spacial score (nSPS) is 11.8. The molecule has 1 unspecified atom stereocenters. The lowest BCUT2D eigenvalue weighted by Crippen LogP contribution is -2.10. The highest BCUT2D eigenvalue weighted by Gasteiger charge is 2.16. The first-order valence-electron chi connectivity index (χ1n) is 8.97. The first-order valence-corrected chi connectivity index (χ1v) is 8.97. The molecule has 3 N–H and O–H groups in total. The van der Waals surface area contributed by atoms with E-state index in [2.05, 4.69) is 0 Å². The van der Waals surface area contributed by atoms with E-state index in [-0.39, 0.29) is 16.9 Å². The number of halogens is 1. The topological polar surface area (TPSA) is 94.8 Å². The van der Waals surface area contributed by atoms with Crippen LogP contribution in [0.15, 0.2) is 66.7 Å². The lowest BCUT2D eigenvalue weighted by Gasteiger charge is -2.11. The Hall–Kier alpha value is -3.51. The highest BCUT2D eigenvalue weighted by atomic mass is 19.1. The molecule has 0 radical (unpaired) electrons. The molecule has 148 valence electrons. The molecule has 6 heteroatoms. The summed E-state index contributed by atoms with van der Waals surface area (Å²) in [6.07, 6.45) is -0.580. The minimum absolute atomic E-state index is 0.203. The van der Waals surface area contributed by atoms with E-state index in [4.69, 9.17) is 5.11 Å². The monoisotopic (exact) mass is 394 g/mol. The summed E-state index contributed by atoms with van der Waals surface area (Å²) in [7, 11) is 0. The number of hydrogen-bond donors (Lipinski definition) is 3. The number of rotatable bonds is 7. The molecular weight excluding hydrogens is 375 g/mol. The molecule has 3 aromatic carbocycles. The van der Waals surface area contributed by atoms with Gasteiger partial charge in [0.15, 0.2) is 6.10 Å². The molecular formula is C23H19FO5. The summed E-state index contributed by atoms with van der Waals surface area (Å²) in [5.74, 6) is -2.68. The van der Waals surface area contributed by atoms with Gasteiger partial charge in [-0.3, -0.25) is 0 Å². The van der Waals surface area contributed by atoms with E-state index in [9.17, 15) is 24.2 Å². The third kappa shape index (κ3) is 4.86. The summed E-state index contributed by atoms with van der Waals surface area (Å²) in [5.41, 5.74) is 3.60. The molecule has 0 saturated heterocycles. The van der Waals surface area contributed by atoms with Crippen LogP contribution >= 0.6 is 0 Å². The van der Waals surface area contributed by atoms with Gasteiger partial charge in [-0.25, -0.2) is 14.0 Å². The zero-order valence-corrected chi connectivity index (χ0v) is 15.4. The maximum atomic E-state index is 13.2. The van der Waals surface area contributed by atoms with Gasteiger partial charge in [0.05, 0.1) is 5.56 Å². The minimum Gasteiger partial charge on any atom is -0.479 e. The number of aromatic carboxylic acids is 1. The number of carbonyl (C=O) groups is 2. The second-order valence-electron chi connectivity index (χ2n) is 6.67. The first-order chi connectivity index (χ1) is 13.8. The maximum absolute atomic E-state index is 13.2. The van der Waals surface area contributed by atoms with Crippen LogP contribution in [0.5, 0.6) is 0 Å². The smallest absolute Gasteiger partial charge is 0.337 e. The van der Waals surface area contributed by atoms with Crippen molar-refractivity contribution in [2.24, 2.45) is 0 Å². The van der Waals surface area contributed by atoms with Gasteiger partial charge in [0, 0.05) is 0 Å². The van der Waals surface area contributed by atoms with Gasteiger partial charge in [0.25, 0.3) is 0 Å². The van der Waals surface area contributed by atoms with Gasteiger partial charge < -0.3 is 15.3 Å². The van der Waals surface area contributed by atoms with Crippen LogP contribution in [0.4, 0.5) is 4.39 Å². The molecule has 0 fully saturated rings. The molecule has 0 spiro atoms. The molecule has 5 nitrogen and oxygen atoms in total. The van der Waals surface area contributed by atoms with Crippen LogP contribution in [0, 0.1) is 5.82 Å². The lowest BCUT2D eigenvalue weighted by atomic mass is 9.94. The van der Waals surface area contributed by atoms with Gasteiger partial charge in [-0.15, -0.1) is 0 Å². The Morgan fingerprint density at radius 3 is 2.03 bits per heavy atom. The van der Waals surface area contributed by atoms with Gasteiger partial charge in [0.2, 0.25) is 0 Å². The second-order valence-corrected chi connectivity index (χ2v) is 6.67. The van der Waals surface area contributed by atoms with Gasteiger partial charge >= 0.3 is 11.9 Å². The number of carboxylic acid groups (broad SMARTS) is 2. The summed E-state index contributed by atoms with van der Waals surface area (Å²) in [4.78, 5) is 22.4. The fraction of sp³-hybridized carbons (Fsp3) is 0.130. The van der Waals surface area contributed by atoms with Crippen molar-refractivity contribution in [1.29, 1.82) is 0 Å². The predicted octanol–water partition coefficient (Wildman–Crippen LogP) is 4.09. The van der Waals surface area contributed by atoms with E-state index in [1.807, 2.05) is 0 Å². The number of aryl methyl sites for hydroxylation is 2. The van der Waals surface area contributed by atoms with E-state index in [0.29, 0.717) is 18.4 Å². The van der Waals surface area contributed by atoms with E-state index in [1.54, 1.807) is 54.6 Å². The van der Waals surface area contributed by atoms with Crippen molar-refractivity contribution in [3.05, 3.63) is 94.8 Å². The zero-order chi connectivity index (χ0) is 21.0. The fourth-order valence-electron chi connectivity index (χ4n) is 3.12. The van der Waals surface area contributed by atoms with Gasteiger partial charge in [0.1, 0.15) is 5.82 Å². The summed E-state index contributed by atoms with van der Waals surface area (Å²) >= 11 is 0. The number of aliphatic hydroxyl groups is 1. The van der Waals surface area contributed by atoms with Gasteiger partial charge in [-0.1, -0.05) is 48.5 Å². The summed E-state index contributed by atoms with van der Waals surface area (Å²) < 4.78 is 13.2. The highest BCUT2D eigenvalue weighted by molar-refractivity contribution is 5.90. The highest BCUT2D eigenvalue weighted by Crippen LogP contribution is 2.24. The predicted molar refractivity (Wildman–Crippen MR) is 105 cm³/mol. The minimum atomic E-state index is -1.57. The molecule has 0 bridgehead atoms. The van der Waals surface area contributed by atoms with Gasteiger partial charge in [-0.2, -0.15) is 0 Å². The van der Waals surface area contributed by atoms with Crippen LogP contribution in [0.2, 0.25) is 0 Å². The third-order valence-corrected chi connectivity index (χ3v) is 4.73. The quantitative estimate of drug-likeness (QED) is 0.561. The summed E-state index contributed by atoms with van der Waals surface area (Å²) in [5, 5.41) is 27.9. The largest absolute Gasteiger partial charge is 0.479 e. The molecule has 0 aliphatic rings. The van der Waals surface area contributed by atoms with E-state index in [0.717, 1.165) is 16.7 Å². The van der Waals surface area contributed by atoms with Crippen LogP contribution in [-0.4, -0.2) is 27.3 Å². The van der Waals surface area contributed by atoms with Crippen molar-refractivity contribution in [2.75, 3.05) is 0 Å². The van der Waals surface area contributed by atoms with Gasteiger partial charge in [-0.05, 0) is 58.9 Å². The molecule has 0 aliphatic carbocycles. The molecule has 29 heavy (non-hydrogen) atoms. The van der Waals surface area contributed by atoms with Crippen LogP contribution in [0.3, 0.4) is 0 Å². The van der Waals surface area contributed by atoms with Crippen molar-refractivity contribution >= 4 is 11.9 Å². The van der Waals surface area contributed by atoms with Crippen LogP contribution in [0.1, 0.15) is 33.2 Å². The average molecular weight is 394 g/mol. The molecule has 3 rings (SSSR count). The molecule has 0 amide bonds. The average Bonchev–Trinajstić information content (AvgIpc) is 2.72. The Morgan fingerprint density at radius 1 is 0.828 bits per heavy atom. The Balaban J connectivity index is 1.81. The van der Waals surface area contributed by atoms with Crippen molar-refractivity contribution in [3.8, 4) is 11.1 Å². The summed E-state index contributed by atoms with van der Waals surface area (Å²) in [6, 6.07) is 17.5. The van der Waals surface area contributed by atoms with Crippen LogP contribution in [0.25, 0.3) is 11.1 Å². The van der Waals surface area contributed by atoms with Crippen molar-refractivity contribution in [2.45, 2.75) is 18.9 Å². The zero-order valence-electron chi connectivity index (χ0n) is 15.4. The summed E-state index contributed by atoms with van der Waals surface area (Å²) in [6.45, 7) is 0. The van der Waals surface area contributed by atoms with E-state index < -0.39 is 18.0 Å². The second kappa shape index (κ2) is 8.67. The Labute approximate surface area is 166 Å². The molecule has 1 atom stereocenters. The standard InChI is InChI=1S/C23H19FO5/c24-19-10-7-15(8-11-19)17-9-12-20(22(26)27)18(13-17)6-3-14-1-4-16(5-2-14)21(25)23(28)29/h1-2,4-5,7-13,21,25H,3,6H2,(H,26,27)(H,28,29). The Kier molecular flexibility index (Phi) is 6.04. The first kappa shape index (κ1) is 20.2. The van der Waals surface area contributed by atoms with Crippen molar-refractivity contribution in [1.82, 2.24) is 0 Å². The fourth-order valence-corrected chi connectivity index (χ4v) is 3.12.